The normalized spacial score (nSPS) is 9.00. The molecule has 0 atom stereocenters. The third-order valence-electron chi connectivity index (χ3n) is 2.69. The molecule has 0 saturated heterocycles. The first-order valence-electron chi connectivity index (χ1n) is 5.97. The second kappa shape index (κ2) is 8.54. The number of anilines is 1. The van der Waals surface area contributed by atoms with Crippen LogP contribution >= 0.6 is 0 Å². The van der Waals surface area contributed by atoms with E-state index < -0.39 is 0 Å². The minimum Gasteiger partial charge on any atom is -0.400 e. The number of rotatable bonds is 1. The largest absolute Gasteiger partial charge is 1.00 e. The number of nitrogen functional groups attached to an aromatic ring is 1. The molecule has 0 unspecified atom stereocenters. The van der Waals surface area contributed by atoms with Gasteiger partial charge in [-0.2, -0.15) is 17.7 Å². The predicted molar refractivity (Wildman–Crippen MR) is 79.6 cm³/mol. The van der Waals surface area contributed by atoms with Crippen LogP contribution in [0.2, 0.25) is 0 Å². The zero-order valence-electron chi connectivity index (χ0n) is 11.4. The summed E-state index contributed by atoms with van der Waals surface area (Å²) in [6.45, 7) is 0. The van der Waals surface area contributed by atoms with Crippen molar-refractivity contribution in [3.8, 4) is 0 Å². The second-order valence-corrected chi connectivity index (χ2v) is 4.07. The number of fused-ring (bicyclic) bond motifs is 1. The van der Waals surface area contributed by atoms with Gasteiger partial charge in [0.1, 0.15) is 0 Å². The maximum atomic E-state index is 9.95. The van der Waals surface area contributed by atoms with Gasteiger partial charge in [-0.3, -0.25) is 0 Å². The van der Waals surface area contributed by atoms with Crippen LogP contribution in [0.15, 0.2) is 72.8 Å². The molecule has 94 valence electrons. The van der Waals surface area contributed by atoms with Crippen LogP contribution in [0.25, 0.3) is 10.8 Å². The number of hydrogen-bond donors (Lipinski definition) is 1. The molecule has 2 nitrogen and oxygen atoms in total. The zero-order valence-corrected chi connectivity index (χ0v) is 13.4. The quantitative estimate of drug-likeness (QED) is 0.399. The van der Waals surface area contributed by atoms with E-state index in [1.165, 1.54) is 10.8 Å². The first kappa shape index (κ1) is 16.4. The van der Waals surface area contributed by atoms with Gasteiger partial charge in [0.2, 0.25) is 0 Å². The summed E-state index contributed by atoms with van der Waals surface area (Å²) in [5, 5.41) is 2.62. The van der Waals surface area contributed by atoms with Gasteiger partial charge in [-0.1, -0.05) is 60.7 Å². The topological polar surface area (TPSA) is 43.1 Å². The van der Waals surface area contributed by atoms with E-state index in [2.05, 4.69) is 48.5 Å². The van der Waals surface area contributed by atoms with Crippen LogP contribution in [0.5, 0.6) is 0 Å². The molecular weight excluding hydrogens is 257 g/mol. The second-order valence-electron chi connectivity index (χ2n) is 4.07. The molecule has 0 aliphatic carbocycles. The van der Waals surface area contributed by atoms with Crippen molar-refractivity contribution in [2.75, 3.05) is 5.73 Å². The van der Waals surface area contributed by atoms with Gasteiger partial charge in [0, 0.05) is 5.69 Å². The molecule has 0 aliphatic rings. The van der Waals surface area contributed by atoms with Gasteiger partial charge in [0.25, 0.3) is 0 Å². The average molecular weight is 271 g/mol. The number of nitrogens with two attached hydrogens (primary N) is 1. The third-order valence-corrected chi connectivity index (χ3v) is 2.69. The minimum atomic E-state index is 0. The van der Waals surface area contributed by atoms with Crippen LogP contribution in [-0.2, 0) is 4.79 Å². The van der Waals surface area contributed by atoms with Gasteiger partial charge < -0.3 is 10.5 Å². The fourth-order valence-corrected chi connectivity index (χ4v) is 1.68. The Morgan fingerprint density at radius 1 is 0.700 bits per heavy atom. The van der Waals surface area contributed by atoms with E-state index in [1.807, 2.05) is 0 Å². The summed E-state index contributed by atoms with van der Waals surface area (Å²) in [5.41, 5.74) is 6.54. The Morgan fingerprint density at radius 2 is 1.10 bits per heavy atom. The van der Waals surface area contributed by atoms with E-state index in [1.54, 1.807) is 30.6 Å². The molecule has 3 aromatic rings. The maximum Gasteiger partial charge on any atom is 1.00 e. The summed E-state index contributed by atoms with van der Waals surface area (Å²) in [5.74, 6) is 0. The molecule has 0 amide bonds. The smallest absolute Gasteiger partial charge is 0.400 e. The first-order chi connectivity index (χ1) is 9.29. The van der Waals surface area contributed by atoms with E-state index in [0.717, 1.165) is 0 Å². The number of benzene rings is 3. The maximum absolute atomic E-state index is 9.95. The first-order valence-corrected chi connectivity index (χ1v) is 5.97. The standard InChI is InChI=1S/C10H8.C7H6NO.Na/c1-2-6-10-8-4-3-7-9(10)5-1;8-7-3-1-6(5-9)2-4-7;/h1-8H;1-4H,8H2;/q;-1;+1. The van der Waals surface area contributed by atoms with Crippen LogP contribution in [0, 0.1) is 0 Å². The van der Waals surface area contributed by atoms with E-state index in [-0.39, 0.29) is 29.6 Å². The van der Waals surface area contributed by atoms with Crippen molar-refractivity contribution >= 4 is 22.7 Å². The molecule has 3 heteroatoms. The fourth-order valence-electron chi connectivity index (χ4n) is 1.68. The van der Waals surface area contributed by atoms with Crippen molar-refractivity contribution in [3.63, 3.8) is 0 Å². The summed E-state index contributed by atoms with van der Waals surface area (Å²) in [6.07, 6.45) is 1.75. The molecule has 0 aliphatic heterocycles. The SMILES string of the molecule is Nc1ccc([C-]=O)cc1.[Na+].c1ccc2ccccc2c1. The van der Waals surface area contributed by atoms with Gasteiger partial charge in [-0.05, 0) is 10.8 Å². The summed E-state index contributed by atoms with van der Waals surface area (Å²) in [4.78, 5) is 9.95. The zero-order chi connectivity index (χ0) is 13.5. The molecule has 3 rings (SSSR count). The Bertz CT molecular complexity index is 600. The van der Waals surface area contributed by atoms with Crippen molar-refractivity contribution in [2.24, 2.45) is 0 Å². The summed E-state index contributed by atoms with van der Waals surface area (Å²) in [6, 6.07) is 23.3. The van der Waals surface area contributed by atoms with Gasteiger partial charge >= 0.3 is 29.6 Å². The van der Waals surface area contributed by atoms with Crippen molar-refractivity contribution < 1.29 is 34.4 Å². The van der Waals surface area contributed by atoms with Gasteiger partial charge in [-0.15, -0.1) is 0 Å². The van der Waals surface area contributed by atoms with E-state index in [4.69, 9.17) is 5.73 Å². The number of hydrogen-bond acceptors (Lipinski definition) is 2. The molecule has 20 heavy (non-hydrogen) atoms. The Hall–Kier alpha value is -1.61. The predicted octanol–water partition coefficient (Wildman–Crippen LogP) is 0.570. The van der Waals surface area contributed by atoms with Gasteiger partial charge in [0.05, 0.1) is 6.29 Å². The van der Waals surface area contributed by atoms with Crippen LogP contribution in [-0.4, -0.2) is 6.29 Å². The summed E-state index contributed by atoms with van der Waals surface area (Å²) in [7, 11) is 0. The molecule has 0 heterocycles. The van der Waals surface area contributed by atoms with Crippen LogP contribution in [0.3, 0.4) is 0 Å². The van der Waals surface area contributed by atoms with E-state index >= 15 is 0 Å². The van der Waals surface area contributed by atoms with Crippen molar-refractivity contribution in [3.05, 3.63) is 78.4 Å². The van der Waals surface area contributed by atoms with Crippen molar-refractivity contribution in [1.29, 1.82) is 0 Å². The number of carbonyl (C=O) groups excluding carboxylic acids is 1. The molecular formula is C17H14NNaO. The molecule has 0 spiro atoms. The molecule has 0 radical (unpaired) electrons. The van der Waals surface area contributed by atoms with Crippen molar-refractivity contribution in [2.45, 2.75) is 0 Å². The molecule has 2 N–H and O–H groups in total. The Kier molecular flexibility index (Phi) is 7.02. The fraction of sp³-hybridized carbons (Fsp3) is 0. The third kappa shape index (κ3) is 4.82. The molecule has 3 aromatic carbocycles. The summed E-state index contributed by atoms with van der Waals surface area (Å²) < 4.78 is 0. The Balaban J connectivity index is 0.000000192. The van der Waals surface area contributed by atoms with Crippen LogP contribution in [0.1, 0.15) is 5.56 Å². The molecule has 0 bridgehead atoms. The molecule has 0 saturated carbocycles. The minimum absolute atomic E-state index is 0. The average Bonchev–Trinajstić information content (AvgIpc) is 2.49. The Morgan fingerprint density at radius 3 is 1.45 bits per heavy atom. The van der Waals surface area contributed by atoms with Gasteiger partial charge in [-0.25, -0.2) is 0 Å². The van der Waals surface area contributed by atoms with Gasteiger partial charge in [0.15, 0.2) is 0 Å². The monoisotopic (exact) mass is 271 g/mol. The van der Waals surface area contributed by atoms with E-state index in [0.29, 0.717) is 11.3 Å². The molecule has 0 fully saturated rings. The molecule has 0 aromatic heterocycles. The van der Waals surface area contributed by atoms with Crippen LogP contribution in [0.4, 0.5) is 5.69 Å². The van der Waals surface area contributed by atoms with Crippen LogP contribution < -0.4 is 35.3 Å². The summed E-state index contributed by atoms with van der Waals surface area (Å²) >= 11 is 0. The van der Waals surface area contributed by atoms with E-state index in [9.17, 15) is 4.79 Å². The van der Waals surface area contributed by atoms with Crippen molar-refractivity contribution in [1.82, 2.24) is 0 Å². The Labute approximate surface area is 140 Å².